The van der Waals surface area contributed by atoms with E-state index in [-0.39, 0.29) is 34.8 Å². The number of ether oxygens (including phenoxy) is 1. The van der Waals surface area contributed by atoms with Gasteiger partial charge in [-0.15, -0.1) is 0 Å². The molecule has 1 atom stereocenters. The lowest BCUT2D eigenvalue weighted by Gasteiger charge is -2.40. The number of likely N-dealkylation sites (tertiary alicyclic amines) is 1. The average molecular weight is 476 g/mol. The van der Waals surface area contributed by atoms with Gasteiger partial charge in [0.2, 0.25) is 0 Å². The lowest BCUT2D eigenvalue weighted by Crippen LogP contribution is -2.59. The molecule has 0 radical (unpaired) electrons. The molecule has 0 aliphatic carbocycles. The standard InChI is InChI=1S/C21H19F3N6O2S/c1-11(25)33-19(26)17-3-2-16(24)20(28-17)32-15-9-29(10-15)21(31)30-18(4-5-27-30)12-6-13(22)8-14(23)7-12/h2-3,5-8,15,18,25-26H,4,9-10H2,1H3/t18-/m0/s1. The van der Waals surface area contributed by atoms with Crippen molar-refractivity contribution in [2.75, 3.05) is 13.1 Å². The van der Waals surface area contributed by atoms with E-state index in [2.05, 4.69) is 10.1 Å². The van der Waals surface area contributed by atoms with E-state index in [4.69, 9.17) is 15.6 Å². The number of pyridine rings is 1. The van der Waals surface area contributed by atoms with Crippen molar-refractivity contribution in [3.63, 3.8) is 0 Å². The van der Waals surface area contributed by atoms with E-state index in [0.717, 1.165) is 23.9 Å². The highest BCUT2D eigenvalue weighted by Gasteiger charge is 2.39. The van der Waals surface area contributed by atoms with Crippen LogP contribution in [0.5, 0.6) is 5.88 Å². The summed E-state index contributed by atoms with van der Waals surface area (Å²) in [6.07, 6.45) is 1.31. The predicted molar refractivity (Wildman–Crippen MR) is 117 cm³/mol. The number of nitrogens with one attached hydrogen (secondary N) is 2. The summed E-state index contributed by atoms with van der Waals surface area (Å²) in [4.78, 5) is 18.3. The number of thioether (sulfide) groups is 1. The number of urea groups is 1. The first-order chi connectivity index (χ1) is 15.7. The Hall–Kier alpha value is -3.41. The number of amides is 2. The van der Waals surface area contributed by atoms with Gasteiger partial charge in [0, 0.05) is 18.7 Å². The van der Waals surface area contributed by atoms with Gasteiger partial charge in [-0.05, 0) is 36.8 Å². The number of rotatable bonds is 4. The summed E-state index contributed by atoms with van der Waals surface area (Å²) in [7, 11) is 0. The minimum atomic E-state index is -0.735. The Bertz CT molecular complexity index is 1130. The van der Waals surface area contributed by atoms with Crippen LogP contribution >= 0.6 is 11.8 Å². The van der Waals surface area contributed by atoms with E-state index >= 15 is 0 Å². The lowest BCUT2D eigenvalue weighted by atomic mass is 10.0. The summed E-state index contributed by atoms with van der Waals surface area (Å²) in [5.74, 6) is -2.46. The second-order valence-electron chi connectivity index (χ2n) is 7.50. The smallest absolute Gasteiger partial charge is 0.341 e. The van der Waals surface area contributed by atoms with Crippen molar-refractivity contribution in [1.29, 1.82) is 10.8 Å². The van der Waals surface area contributed by atoms with Gasteiger partial charge in [0.05, 0.1) is 29.9 Å². The largest absolute Gasteiger partial charge is 0.468 e. The zero-order chi connectivity index (χ0) is 23.7. The Labute approximate surface area is 191 Å². The van der Waals surface area contributed by atoms with Gasteiger partial charge in [0.15, 0.2) is 5.82 Å². The molecule has 172 valence electrons. The molecule has 2 aliphatic heterocycles. The second kappa shape index (κ2) is 9.22. The van der Waals surface area contributed by atoms with Crippen molar-refractivity contribution in [1.82, 2.24) is 14.9 Å². The first-order valence-corrected chi connectivity index (χ1v) is 10.7. The molecule has 0 bridgehead atoms. The summed E-state index contributed by atoms with van der Waals surface area (Å²) in [6.45, 7) is 1.82. The molecule has 2 aliphatic rings. The fourth-order valence-electron chi connectivity index (χ4n) is 3.45. The monoisotopic (exact) mass is 476 g/mol. The molecule has 1 fully saturated rings. The van der Waals surface area contributed by atoms with Gasteiger partial charge in [-0.25, -0.2) is 28.0 Å². The van der Waals surface area contributed by atoms with E-state index in [1.165, 1.54) is 41.2 Å². The van der Waals surface area contributed by atoms with Gasteiger partial charge in [0.25, 0.3) is 5.88 Å². The highest BCUT2D eigenvalue weighted by molar-refractivity contribution is 8.26. The Kier molecular flexibility index (Phi) is 6.36. The van der Waals surface area contributed by atoms with Gasteiger partial charge in [-0.2, -0.15) is 5.10 Å². The van der Waals surface area contributed by atoms with Crippen LogP contribution in [0.3, 0.4) is 0 Å². The van der Waals surface area contributed by atoms with Crippen molar-refractivity contribution < 1.29 is 22.7 Å². The highest BCUT2D eigenvalue weighted by atomic mass is 32.2. The Morgan fingerprint density at radius 1 is 1.15 bits per heavy atom. The molecule has 12 heteroatoms. The van der Waals surface area contributed by atoms with Crippen LogP contribution < -0.4 is 4.74 Å². The second-order valence-corrected chi connectivity index (χ2v) is 8.72. The number of hydrogen-bond donors (Lipinski definition) is 2. The number of nitrogens with zero attached hydrogens (tertiary/aromatic N) is 4. The third kappa shape index (κ3) is 5.00. The third-order valence-electron chi connectivity index (χ3n) is 4.99. The molecule has 1 aromatic heterocycles. The predicted octanol–water partition coefficient (Wildman–Crippen LogP) is 4.17. The molecule has 0 unspecified atom stereocenters. The van der Waals surface area contributed by atoms with E-state index in [9.17, 15) is 18.0 Å². The van der Waals surface area contributed by atoms with Crippen LogP contribution in [-0.4, -0.2) is 56.4 Å². The molecule has 4 rings (SSSR count). The fraction of sp³-hybridized carbons (Fsp3) is 0.286. The van der Waals surface area contributed by atoms with Crippen molar-refractivity contribution in [3.05, 3.63) is 59.0 Å². The number of carbonyl (C=O) groups excluding carboxylic acids is 1. The lowest BCUT2D eigenvalue weighted by molar-refractivity contribution is 0.0230. The summed E-state index contributed by atoms with van der Waals surface area (Å²) in [5.41, 5.74) is 0.474. The van der Waals surface area contributed by atoms with Crippen LogP contribution in [0.25, 0.3) is 0 Å². The first-order valence-electron chi connectivity index (χ1n) is 9.93. The van der Waals surface area contributed by atoms with E-state index in [1.807, 2.05) is 0 Å². The maximum absolute atomic E-state index is 14.1. The van der Waals surface area contributed by atoms with Crippen LogP contribution in [0, 0.1) is 28.3 Å². The molecule has 33 heavy (non-hydrogen) atoms. The Morgan fingerprint density at radius 2 is 1.85 bits per heavy atom. The topological polar surface area (TPSA) is 106 Å². The van der Waals surface area contributed by atoms with Crippen molar-refractivity contribution in [3.8, 4) is 5.88 Å². The quantitative estimate of drug-likeness (QED) is 0.510. The molecule has 1 aromatic carbocycles. The van der Waals surface area contributed by atoms with Gasteiger partial charge in [-0.3, -0.25) is 10.8 Å². The number of benzene rings is 1. The molecule has 0 saturated carbocycles. The van der Waals surface area contributed by atoms with E-state index < -0.39 is 35.6 Å². The van der Waals surface area contributed by atoms with Gasteiger partial charge in [0.1, 0.15) is 22.8 Å². The number of halogens is 3. The minimum Gasteiger partial charge on any atom is -0.468 e. The molecular weight excluding hydrogens is 457 g/mol. The van der Waals surface area contributed by atoms with Crippen molar-refractivity contribution in [2.24, 2.45) is 5.10 Å². The van der Waals surface area contributed by atoms with Crippen LogP contribution in [0.15, 0.2) is 35.4 Å². The van der Waals surface area contributed by atoms with E-state index in [1.54, 1.807) is 0 Å². The average Bonchev–Trinajstić information content (AvgIpc) is 3.20. The van der Waals surface area contributed by atoms with Crippen molar-refractivity contribution >= 4 is 34.1 Å². The van der Waals surface area contributed by atoms with E-state index in [0.29, 0.717) is 12.0 Å². The number of carbonyl (C=O) groups is 1. The molecule has 1 saturated heterocycles. The number of aromatic nitrogens is 1. The molecule has 2 N–H and O–H groups in total. The Morgan fingerprint density at radius 3 is 2.52 bits per heavy atom. The molecule has 3 heterocycles. The fourth-order valence-corrected chi connectivity index (χ4v) is 3.98. The molecule has 2 amide bonds. The molecule has 0 spiro atoms. The zero-order valence-corrected chi connectivity index (χ0v) is 18.2. The zero-order valence-electron chi connectivity index (χ0n) is 17.4. The molecular formula is C21H19F3N6O2S. The minimum absolute atomic E-state index is 0.00974. The third-order valence-corrected chi connectivity index (χ3v) is 5.71. The molecule has 8 nitrogen and oxygen atoms in total. The van der Waals surface area contributed by atoms with Gasteiger partial charge >= 0.3 is 6.03 Å². The van der Waals surface area contributed by atoms with Crippen LogP contribution in [0.1, 0.15) is 30.6 Å². The van der Waals surface area contributed by atoms with Gasteiger partial charge in [-0.1, -0.05) is 11.8 Å². The normalized spacial score (nSPS) is 17.8. The number of hydrogen-bond acceptors (Lipinski definition) is 7. The maximum Gasteiger partial charge on any atom is 0.341 e. The summed E-state index contributed by atoms with van der Waals surface area (Å²) < 4.78 is 46.9. The summed E-state index contributed by atoms with van der Waals surface area (Å²) in [6, 6.07) is 4.48. The van der Waals surface area contributed by atoms with Crippen molar-refractivity contribution in [2.45, 2.75) is 25.5 Å². The maximum atomic E-state index is 14.1. The summed E-state index contributed by atoms with van der Waals surface area (Å²) in [5, 5.41) is 20.8. The Balaban J connectivity index is 1.38. The van der Waals surface area contributed by atoms with Gasteiger partial charge < -0.3 is 9.64 Å². The first kappa shape index (κ1) is 22.8. The molecule has 2 aromatic rings. The number of hydrazone groups is 1. The highest BCUT2D eigenvalue weighted by Crippen LogP contribution is 2.31. The SMILES string of the molecule is CC(=N)SC(=N)c1ccc(F)c(OC2CN(C(=O)N3N=CC[C@H]3c3cc(F)cc(F)c3)C2)n1. The van der Waals surface area contributed by atoms with Crippen LogP contribution in [0.2, 0.25) is 0 Å². The van der Waals surface area contributed by atoms with Crippen LogP contribution in [0.4, 0.5) is 18.0 Å². The summed E-state index contributed by atoms with van der Waals surface area (Å²) >= 11 is 0.887. The van der Waals surface area contributed by atoms with Crippen LogP contribution in [-0.2, 0) is 0 Å².